The van der Waals surface area contributed by atoms with Crippen LogP contribution in [0.5, 0.6) is 0 Å². The Labute approximate surface area is 123 Å². The molecule has 0 fully saturated rings. The fraction of sp³-hybridized carbons (Fsp3) is 0.500. The molecule has 1 atom stereocenters. The van der Waals surface area contributed by atoms with Gasteiger partial charge < -0.3 is 10.3 Å². The predicted molar refractivity (Wildman–Crippen MR) is 78.5 cm³/mol. The van der Waals surface area contributed by atoms with Crippen LogP contribution in [0.4, 0.5) is 0 Å². The number of nitrogens with two attached hydrogens (primary N) is 1. The second kappa shape index (κ2) is 5.93. The number of pyridine rings is 1. The summed E-state index contributed by atoms with van der Waals surface area (Å²) >= 11 is 1.57. The van der Waals surface area contributed by atoms with Gasteiger partial charge in [0.25, 0.3) is 0 Å². The van der Waals surface area contributed by atoms with Gasteiger partial charge in [-0.1, -0.05) is 6.42 Å². The molecule has 3 rings (SSSR count). The van der Waals surface area contributed by atoms with Crippen LogP contribution in [-0.2, 0) is 13.0 Å². The van der Waals surface area contributed by atoms with Crippen molar-refractivity contribution in [1.29, 1.82) is 0 Å². The summed E-state index contributed by atoms with van der Waals surface area (Å²) in [6.07, 6.45) is 6.51. The van der Waals surface area contributed by atoms with E-state index >= 15 is 0 Å². The fourth-order valence-corrected chi connectivity index (χ4v) is 3.28. The van der Waals surface area contributed by atoms with Gasteiger partial charge in [0.15, 0.2) is 5.16 Å². The van der Waals surface area contributed by atoms with Gasteiger partial charge in [0, 0.05) is 25.2 Å². The Bertz CT molecular complexity index is 593. The predicted octanol–water partition coefficient (Wildman–Crippen LogP) is 2.57. The number of hydrogen-bond acceptors (Lipinski definition) is 5. The van der Waals surface area contributed by atoms with E-state index in [-0.39, 0.29) is 6.04 Å². The average Bonchev–Trinajstić information content (AvgIpc) is 2.68. The van der Waals surface area contributed by atoms with Crippen molar-refractivity contribution >= 4 is 11.8 Å². The van der Waals surface area contributed by atoms with Gasteiger partial charge in [0.2, 0.25) is 0 Å². The van der Waals surface area contributed by atoms with Crippen LogP contribution in [0.3, 0.4) is 0 Å². The molecular weight excluding hydrogens is 270 g/mol. The maximum atomic E-state index is 5.92. The summed E-state index contributed by atoms with van der Waals surface area (Å²) in [6, 6.07) is 4.01. The molecule has 0 bridgehead atoms. The monoisotopic (exact) mass is 289 g/mol. The maximum Gasteiger partial charge on any atom is 0.197 e. The van der Waals surface area contributed by atoms with Gasteiger partial charge in [0.1, 0.15) is 10.9 Å². The molecule has 106 valence electrons. The van der Waals surface area contributed by atoms with Gasteiger partial charge in [-0.05, 0) is 49.2 Å². The summed E-state index contributed by atoms with van der Waals surface area (Å²) in [7, 11) is 0. The zero-order valence-corrected chi connectivity index (χ0v) is 12.4. The van der Waals surface area contributed by atoms with Crippen molar-refractivity contribution in [2.75, 3.05) is 0 Å². The van der Waals surface area contributed by atoms with Gasteiger partial charge >= 0.3 is 0 Å². The van der Waals surface area contributed by atoms with E-state index < -0.39 is 0 Å². The van der Waals surface area contributed by atoms with Crippen LogP contribution >= 0.6 is 11.8 Å². The highest BCUT2D eigenvalue weighted by Crippen LogP contribution is 2.28. The number of nitrogens with zero attached hydrogens (tertiary/aromatic N) is 4. The van der Waals surface area contributed by atoms with Crippen molar-refractivity contribution in [3.63, 3.8) is 0 Å². The molecular formula is C14H19N5S. The first-order chi connectivity index (χ1) is 9.74. The van der Waals surface area contributed by atoms with Crippen LogP contribution in [-0.4, -0.2) is 19.7 Å². The Morgan fingerprint density at radius 1 is 1.30 bits per heavy atom. The van der Waals surface area contributed by atoms with Crippen LogP contribution < -0.4 is 5.73 Å². The maximum absolute atomic E-state index is 5.92. The SMILES string of the molecule is CC(N)c1ccnc(Sc2nnc3n2CCCCC3)c1. The lowest BCUT2D eigenvalue weighted by Gasteiger charge is -2.08. The molecule has 2 aromatic heterocycles. The summed E-state index contributed by atoms with van der Waals surface area (Å²) in [5.74, 6) is 1.10. The van der Waals surface area contributed by atoms with E-state index in [0.717, 1.165) is 34.5 Å². The number of aromatic nitrogens is 4. The van der Waals surface area contributed by atoms with E-state index in [1.165, 1.54) is 19.3 Å². The molecule has 0 saturated carbocycles. The Balaban J connectivity index is 1.84. The highest BCUT2D eigenvalue weighted by atomic mass is 32.2. The Morgan fingerprint density at radius 3 is 3.05 bits per heavy atom. The van der Waals surface area contributed by atoms with E-state index in [9.17, 15) is 0 Å². The summed E-state index contributed by atoms with van der Waals surface area (Å²) in [5.41, 5.74) is 7.01. The summed E-state index contributed by atoms with van der Waals surface area (Å²) in [5, 5.41) is 10.5. The Hall–Kier alpha value is -1.40. The zero-order chi connectivity index (χ0) is 13.9. The molecule has 0 aliphatic carbocycles. The lowest BCUT2D eigenvalue weighted by atomic mass is 10.1. The molecule has 1 unspecified atom stereocenters. The highest BCUT2D eigenvalue weighted by Gasteiger charge is 2.16. The van der Waals surface area contributed by atoms with Crippen molar-refractivity contribution in [3.8, 4) is 0 Å². The standard InChI is InChI=1S/C14H19N5S/c1-10(15)11-6-7-16-13(9-11)20-14-18-17-12-5-3-2-4-8-19(12)14/h6-7,9-10H,2-5,8,15H2,1H3. The van der Waals surface area contributed by atoms with Crippen molar-refractivity contribution in [2.45, 2.75) is 55.4 Å². The van der Waals surface area contributed by atoms with Crippen LogP contribution in [0, 0.1) is 0 Å². The second-order valence-electron chi connectivity index (χ2n) is 5.18. The quantitative estimate of drug-likeness (QED) is 0.940. The number of hydrogen-bond donors (Lipinski definition) is 1. The Morgan fingerprint density at radius 2 is 2.20 bits per heavy atom. The van der Waals surface area contributed by atoms with Crippen LogP contribution in [0.1, 0.15) is 43.6 Å². The van der Waals surface area contributed by atoms with Crippen LogP contribution in [0.15, 0.2) is 28.5 Å². The third-order valence-corrected chi connectivity index (χ3v) is 4.47. The lowest BCUT2D eigenvalue weighted by molar-refractivity contribution is 0.590. The average molecular weight is 289 g/mol. The number of rotatable bonds is 3. The molecule has 3 heterocycles. The van der Waals surface area contributed by atoms with Crippen molar-refractivity contribution in [2.24, 2.45) is 5.73 Å². The van der Waals surface area contributed by atoms with E-state index in [0.29, 0.717) is 0 Å². The molecule has 0 saturated heterocycles. The third-order valence-electron chi connectivity index (χ3n) is 3.56. The normalized spacial score (nSPS) is 16.5. The number of fused-ring (bicyclic) bond motifs is 1. The lowest BCUT2D eigenvalue weighted by Crippen LogP contribution is -2.05. The van der Waals surface area contributed by atoms with E-state index in [4.69, 9.17) is 5.73 Å². The largest absolute Gasteiger partial charge is 0.324 e. The number of aryl methyl sites for hydroxylation is 1. The first-order valence-corrected chi connectivity index (χ1v) is 7.87. The van der Waals surface area contributed by atoms with Gasteiger partial charge in [-0.3, -0.25) is 0 Å². The third kappa shape index (κ3) is 2.86. The fourth-order valence-electron chi connectivity index (χ4n) is 2.39. The molecule has 1 aliphatic heterocycles. The Kier molecular flexibility index (Phi) is 4.03. The summed E-state index contributed by atoms with van der Waals surface area (Å²) in [4.78, 5) is 4.40. The van der Waals surface area contributed by atoms with E-state index in [1.807, 2.05) is 19.1 Å². The first-order valence-electron chi connectivity index (χ1n) is 7.05. The minimum atomic E-state index is 0.0212. The van der Waals surface area contributed by atoms with Gasteiger partial charge in [0.05, 0.1) is 0 Å². The summed E-state index contributed by atoms with van der Waals surface area (Å²) in [6.45, 7) is 2.99. The molecule has 2 aromatic rings. The molecule has 0 amide bonds. The highest BCUT2D eigenvalue weighted by molar-refractivity contribution is 7.99. The molecule has 1 aliphatic rings. The topological polar surface area (TPSA) is 69.6 Å². The molecule has 5 nitrogen and oxygen atoms in total. The molecule has 0 aromatic carbocycles. The molecule has 0 radical (unpaired) electrons. The summed E-state index contributed by atoms with van der Waals surface area (Å²) < 4.78 is 2.23. The second-order valence-corrected chi connectivity index (χ2v) is 6.17. The molecule has 6 heteroatoms. The van der Waals surface area contributed by atoms with Gasteiger partial charge in [-0.25, -0.2) is 4.98 Å². The minimum absolute atomic E-state index is 0.0212. The first kappa shape index (κ1) is 13.6. The smallest absolute Gasteiger partial charge is 0.197 e. The zero-order valence-electron chi connectivity index (χ0n) is 11.6. The van der Waals surface area contributed by atoms with Crippen molar-refractivity contribution in [1.82, 2.24) is 19.7 Å². The van der Waals surface area contributed by atoms with Crippen LogP contribution in [0.25, 0.3) is 0 Å². The van der Waals surface area contributed by atoms with Gasteiger partial charge in [-0.15, -0.1) is 10.2 Å². The van der Waals surface area contributed by atoms with E-state index in [2.05, 4.69) is 19.7 Å². The van der Waals surface area contributed by atoms with Crippen molar-refractivity contribution < 1.29 is 0 Å². The van der Waals surface area contributed by atoms with E-state index in [1.54, 1.807) is 18.0 Å². The molecule has 2 N–H and O–H groups in total. The van der Waals surface area contributed by atoms with Crippen LogP contribution in [0.2, 0.25) is 0 Å². The molecule has 20 heavy (non-hydrogen) atoms. The molecule has 0 spiro atoms. The van der Waals surface area contributed by atoms with Gasteiger partial charge in [-0.2, -0.15) is 0 Å². The minimum Gasteiger partial charge on any atom is -0.324 e. The van der Waals surface area contributed by atoms with Crippen molar-refractivity contribution in [3.05, 3.63) is 29.7 Å².